The predicted octanol–water partition coefficient (Wildman–Crippen LogP) is 4.78. The van der Waals surface area contributed by atoms with E-state index in [0.717, 1.165) is 23.2 Å². The number of Topliss-reactive ketones (excluding diaryl/α,β-unsaturated/α-hetero) is 1. The van der Waals surface area contributed by atoms with Crippen molar-refractivity contribution in [3.8, 4) is 0 Å². The normalized spacial score (nSPS) is 10.5. The third-order valence-electron chi connectivity index (χ3n) is 4.20. The average molecular weight is 323 g/mol. The molecule has 0 aliphatic heterocycles. The standard InChI is InChI=1S/C21H25NO2/c1-5-17-6-8-18(9-7-17)19(23)10-11-20(24)22-21-15(3)12-14(2)13-16(21)4/h6-9,12-13H,5,10-11H2,1-4H3,(H,22,24). The van der Waals surface area contributed by atoms with Gasteiger partial charge in [-0.15, -0.1) is 0 Å². The third-order valence-corrected chi connectivity index (χ3v) is 4.20. The fourth-order valence-electron chi connectivity index (χ4n) is 2.88. The summed E-state index contributed by atoms with van der Waals surface area (Å²) in [7, 11) is 0. The van der Waals surface area contributed by atoms with Gasteiger partial charge in [-0.25, -0.2) is 0 Å². The topological polar surface area (TPSA) is 46.2 Å². The molecule has 3 heteroatoms. The van der Waals surface area contributed by atoms with Crippen molar-refractivity contribution in [3.63, 3.8) is 0 Å². The van der Waals surface area contributed by atoms with E-state index in [1.165, 1.54) is 11.1 Å². The number of carbonyl (C=O) groups is 2. The van der Waals surface area contributed by atoms with Crippen LogP contribution < -0.4 is 5.32 Å². The molecule has 2 aromatic carbocycles. The van der Waals surface area contributed by atoms with Crippen LogP contribution in [0.15, 0.2) is 36.4 Å². The van der Waals surface area contributed by atoms with E-state index in [-0.39, 0.29) is 24.5 Å². The number of carbonyl (C=O) groups excluding carboxylic acids is 2. The number of hydrogen-bond donors (Lipinski definition) is 1. The van der Waals surface area contributed by atoms with E-state index in [4.69, 9.17) is 0 Å². The van der Waals surface area contributed by atoms with Gasteiger partial charge >= 0.3 is 0 Å². The molecule has 2 rings (SSSR count). The molecule has 0 saturated carbocycles. The predicted molar refractivity (Wildman–Crippen MR) is 98.7 cm³/mol. The van der Waals surface area contributed by atoms with Crippen LogP contribution >= 0.6 is 0 Å². The van der Waals surface area contributed by atoms with Crippen molar-refractivity contribution in [1.29, 1.82) is 0 Å². The molecule has 1 amide bonds. The number of ketones is 1. The van der Waals surface area contributed by atoms with E-state index >= 15 is 0 Å². The molecule has 0 radical (unpaired) electrons. The number of nitrogens with one attached hydrogen (secondary N) is 1. The zero-order chi connectivity index (χ0) is 17.7. The van der Waals surface area contributed by atoms with Crippen molar-refractivity contribution in [3.05, 3.63) is 64.2 Å². The van der Waals surface area contributed by atoms with Gasteiger partial charge in [0.1, 0.15) is 0 Å². The number of amides is 1. The number of anilines is 1. The van der Waals surface area contributed by atoms with Crippen molar-refractivity contribution in [2.45, 2.75) is 47.0 Å². The maximum atomic E-state index is 12.2. The summed E-state index contributed by atoms with van der Waals surface area (Å²) in [4.78, 5) is 24.4. The zero-order valence-corrected chi connectivity index (χ0v) is 14.9. The quantitative estimate of drug-likeness (QED) is 0.778. The molecule has 1 N–H and O–H groups in total. The highest BCUT2D eigenvalue weighted by atomic mass is 16.2. The first-order chi connectivity index (χ1) is 11.4. The molecule has 0 fully saturated rings. The minimum atomic E-state index is -0.122. The largest absolute Gasteiger partial charge is 0.326 e. The summed E-state index contributed by atoms with van der Waals surface area (Å²) in [6.07, 6.45) is 1.37. The van der Waals surface area contributed by atoms with Crippen LogP contribution in [0.25, 0.3) is 0 Å². The van der Waals surface area contributed by atoms with Gasteiger partial charge in [-0.2, -0.15) is 0 Å². The van der Waals surface area contributed by atoms with Gasteiger partial charge in [0.05, 0.1) is 0 Å². The van der Waals surface area contributed by atoms with Crippen molar-refractivity contribution in [2.75, 3.05) is 5.32 Å². The van der Waals surface area contributed by atoms with Crippen molar-refractivity contribution >= 4 is 17.4 Å². The van der Waals surface area contributed by atoms with Gasteiger partial charge in [0.15, 0.2) is 5.78 Å². The van der Waals surface area contributed by atoms with Crippen LogP contribution in [0.4, 0.5) is 5.69 Å². The Morgan fingerprint density at radius 1 is 0.917 bits per heavy atom. The summed E-state index contributed by atoms with van der Waals surface area (Å²) in [5.74, 6) is -0.117. The van der Waals surface area contributed by atoms with Gasteiger partial charge in [0.2, 0.25) is 5.91 Å². The summed E-state index contributed by atoms with van der Waals surface area (Å²) in [5.41, 5.74) is 5.99. The highest BCUT2D eigenvalue weighted by Gasteiger charge is 2.12. The first-order valence-corrected chi connectivity index (χ1v) is 8.40. The second-order valence-electron chi connectivity index (χ2n) is 6.30. The smallest absolute Gasteiger partial charge is 0.224 e. The number of benzene rings is 2. The lowest BCUT2D eigenvalue weighted by Crippen LogP contribution is -2.15. The van der Waals surface area contributed by atoms with Crippen LogP contribution in [-0.4, -0.2) is 11.7 Å². The van der Waals surface area contributed by atoms with Crippen LogP contribution in [0.1, 0.15) is 52.4 Å². The molecule has 126 valence electrons. The maximum absolute atomic E-state index is 12.2. The lowest BCUT2D eigenvalue weighted by molar-refractivity contribution is -0.116. The van der Waals surface area contributed by atoms with Crippen LogP contribution in [0.2, 0.25) is 0 Å². The molecule has 0 spiro atoms. The number of rotatable bonds is 6. The fraction of sp³-hybridized carbons (Fsp3) is 0.333. The minimum absolute atomic E-state index is 0.00477. The Labute approximate surface area is 144 Å². The van der Waals surface area contributed by atoms with Crippen LogP contribution in [0.3, 0.4) is 0 Å². The molecule has 0 aromatic heterocycles. The monoisotopic (exact) mass is 323 g/mol. The number of aryl methyl sites for hydroxylation is 4. The lowest BCUT2D eigenvalue weighted by atomic mass is 10.0. The average Bonchev–Trinajstić information content (AvgIpc) is 2.56. The Kier molecular flexibility index (Phi) is 5.91. The minimum Gasteiger partial charge on any atom is -0.326 e. The van der Waals surface area contributed by atoms with Crippen LogP contribution in [0.5, 0.6) is 0 Å². The number of hydrogen-bond acceptors (Lipinski definition) is 2. The highest BCUT2D eigenvalue weighted by Crippen LogP contribution is 2.22. The van der Waals surface area contributed by atoms with Crippen LogP contribution in [0, 0.1) is 20.8 Å². The highest BCUT2D eigenvalue weighted by molar-refractivity contribution is 6.00. The molecule has 0 heterocycles. The van der Waals surface area contributed by atoms with Gasteiger partial charge in [-0.1, -0.05) is 48.9 Å². The zero-order valence-electron chi connectivity index (χ0n) is 14.9. The maximum Gasteiger partial charge on any atom is 0.224 e. The molecule has 0 bridgehead atoms. The summed E-state index contributed by atoms with van der Waals surface area (Å²) < 4.78 is 0. The molecule has 0 unspecified atom stereocenters. The second-order valence-corrected chi connectivity index (χ2v) is 6.30. The molecule has 0 aliphatic rings. The third kappa shape index (κ3) is 4.54. The van der Waals surface area contributed by atoms with Crippen LogP contribution in [-0.2, 0) is 11.2 Å². The Bertz CT molecular complexity index is 722. The van der Waals surface area contributed by atoms with E-state index in [9.17, 15) is 9.59 Å². The summed E-state index contributed by atoms with van der Waals surface area (Å²) >= 11 is 0. The first-order valence-electron chi connectivity index (χ1n) is 8.40. The Balaban J connectivity index is 1.94. The van der Waals surface area contributed by atoms with Crippen molar-refractivity contribution in [1.82, 2.24) is 0 Å². The summed E-state index contributed by atoms with van der Waals surface area (Å²) in [6, 6.07) is 11.7. The van der Waals surface area contributed by atoms with Gasteiger partial charge in [-0.3, -0.25) is 9.59 Å². The van der Waals surface area contributed by atoms with Crippen molar-refractivity contribution < 1.29 is 9.59 Å². The van der Waals surface area contributed by atoms with Gasteiger partial charge in [0.25, 0.3) is 0 Å². The Hall–Kier alpha value is -2.42. The molecule has 3 nitrogen and oxygen atoms in total. The molecule has 24 heavy (non-hydrogen) atoms. The Morgan fingerprint density at radius 3 is 2.04 bits per heavy atom. The second kappa shape index (κ2) is 7.91. The molecule has 0 atom stereocenters. The van der Waals surface area contributed by atoms with Gasteiger partial charge in [-0.05, 0) is 43.9 Å². The lowest BCUT2D eigenvalue weighted by Gasteiger charge is -2.12. The molecule has 2 aromatic rings. The molecular formula is C21H25NO2. The fourth-order valence-corrected chi connectivity index (χ4v) is 2.88. The van der Waals surface area contributed by atoms with E-state index in [1.54, 1.807) is 0 Å². The molecule has 0 aliphatic carbocycles. The van der Waals surface area contributed by atoms with Gasteiger partial charge < -0.3 is 5.32 Å². The Morgan fingerprint density at radius 2 is 1.50 bits per heavy atom. The van der Waals surface area contributed by atoms with E-state index in [0.29, 0.717) is 5.56 Å². The van der Waals surface area contributed by atoms with E-state index in [2.05, 4.69) is 12.2 Å². The molecular weight excluding hydrogens is 298 g/mol. The first kappa shape index (κ1) is 17.9. The summed E-state index contributed by atoms with van der Waals surface area (Å²) in [6.45, 7) is 8.08. The molecule has 0 saturated heterocycles. The van der Waals surface area contributed by atoms with Crippen molar-refractivity contribution in [2.24, 2.45) is 0 Å². The van der Waals surface area contributed by atoms with E-state index < -0.39 is 0 Å². The van der Waals surface area contributed by atoms with E-state index in [1.807, 2.05) is 57.2 Å². The SMILES string of the molecule is CCc1ccc(C(=O)CCC(=O)Nc2c(C)cc(C)cc2C)cc1. The summed E-state index contributed by atoms with van der Waals surface area (Å²) in [5, 5.41) is 2.94. The van der Waals surface area contributed by atoms with Gasteiger partial charge in [0, 0.05) is 24.1 Å².